The van der Waals surface area contributed by atoms with E-state index in [2.05, 4.69) is 51.3 Å². The molecule has 23 heavy (non-hydrogen) atoms. The molecule has 0 aromatic heterocycles. The Balaban J connectivity index is 2.19. The minimum absolute atomic E-state index is 0.161. The van der Waals surface area contributed by atoms with Gasteiger partial charge in [-0.05, 0) is 89.8 Å². The molecule has 0 unspecified atom stereocenters. The van der Waals surface area contributed by atoms with Crippen molar-refractivity contribution in [3.05, 3.63) is 70.5 Å². The van der Waals surface area contributed by atoms with Crippen LogP contribution in [0.4, 0.5) is 4.39 Å². The van der Waals surface area contributed by atoms with E-state index in [9.17, 15) is 4.39 Å². The molecule has 1 aliphatic rings. The molecule has 0 heterocycles. The summed E-state index contributed by atoms with van der Waals surface area (Å²) in [6.45, 7) is 6.46. The Morgan fingerprint density at radius 1 is 1.04 bits per heavy atom. The van der Waals surface area contributed by atoms with Gasteiger partial charge in [-0.1, -0.05) is 25.1 Å². The Labute approximate surface area is 142 Å². The summed E-state index contributed by atoms with van der Waals surface area (Å²) < 4.78 is 13.7. The van der Waals surface area contributed by atoms with Gasteiger partial charge in [-0.2, -0.15) is 0 Å². The second kappa shape index (κ2) is 6.37. The first kappa shape index (κ1) is 16.1. The van der Waals surface area contributed by atoms with E-state index in [1.165, 1.54) is 32.8 Å². The number of fused-ring (bicyclic) bond motifs is 1. The zero-order valence-electron chi connectivity index (χ0n) is 14.0. The van der Waals surface area contributed by atoms with Crippen LogP contribution in [0.1, 0.15) is 43.9 Å². The first-order valence-corrected chi connectivity index (χ1v) is 9.15. The third-order valence-corrected chi connectivity index (χ3v) is 5.40. The highest BCUT2D eigenvalue weighted by Gasteiger charge is 2.24. The Bertz CT molecular complexity index is 810. The number of thioether (sulfide) groups is 1. The fourth-order valence-electron chi connectivity index (χ4n) is 3.46. The molecule has 2 aromatic rings. The lowest BCUT2D eigenvalue weighted by atomic mass is 9.94. The number of rotatable bonds is 3. The van der Waals surface area contributed by atoms with Gasteiger partial charge in [0.1, 0.15) is 5.82 Å². The van der Waals surface area contributed by atoms with Crippen molar-refractivity contribution in [2.75, 3.05) is 6.26 Å². The van der Waals surface area contributed by atoms with Crippen molar-refractivity contribution in [3.8, 4) is 0 Å². The first-order valence-electron chi connectivity index (χ1n) is 7.92. The number of hydrogen-bond acceptors (Lipinski definition) is 1. The minimum atomic E-state index is -0.161. The Morgan fingerprint density at radius 3 is 2.35 bits per heavy atom. The standard InChI is InChI=1S/C21H21FS/c1-5-18-14(3)21(19-11-8-16(22)12-20(18)19)13(2)15-6-9-17(23-4)10-7-15/h6-12H,5H2,1-4H3/b21-13-. The van der Waals surface area contributed by atoms with Crippen molar-refractivity contribution in [2.24, 2.45) is 0 Å². The molecule has 0 saturated heterocycles. The highest BCUT2D eigenvalue weighted by atomic mass is 32.2. The molecule has 3 rings (SSSR count). The van der Waals surface area contributed by atoms with Gasteiger partial charge in [0.05, 0.1) is 0 Å². The molecule has 0 bridgehead atoms. The summed E-state index contributed by atoms with van der Waals surface area (Å²) in [6, 6.07) is 13.8. The highest BCUT2D eigenvalue weighted by Crippen LogP contribution is 2.46. The second-order valence-electron chi connectivity index (χ2n) is 5.88. The summed E-state index contributed by atoms with van der Waals surface area (Å²) in [7, 11) is 0. The smallest absolute Gasteiger partial charge is 0.123 e. The molecule has 0 nitrogen and oxygen atoms in total. The summed E-state index contributed by atoms with van der Waals surface area (Å²) in [5.74, 6) is -0.161. The average molecular weight is 324 g/mol. The molecule has 0 atom stereocenters. The molecule has 0 saturated carbocycles. The molecular formula is C21H21FS. The summed E-state index contributed by atoms with van der Waals surface area (Å²) in [4.78, 5) is 1.27. The van der Waals surface area contributed by atoms with Gasteiger partial charge in [0, 0.05) is 4.90 Å². The predicted octanol–water partition coefficient (Wildman–Crippen LogP) is 6.68. The third-order valence-electron chi connectivity index (χ3n) is 4.66. The topological polar surface area (TPSA) is 0 Å². The summed E-state index contributed by atoms with van der Waals surface area (Å²) >= 11 is 1.75. The van der Waals surface area contributed by atoms with Gasteiger partial charge in [-0.3, -0.25) is 0 Å². The van der Waals surface area contributed by atoms with E-state index < -0.39 is 0 Å². The van der Waals surface area contributed by atoms with E-state index in [0.29, 0.717) is 0 Å². The van der Waals surface area contributed by atoms with E-state index in [1.54, 1.807) is 23.9 Å². The SMILES string of the molecule is CCC1=C(C)/C(=C(\C)c2ccc(SC)cc2)c2ccc(F)cc21. The third kappa shape index (κ3) is 2.76. The number of halogens is 1. The van der Waals surface area contributed by atoms with Gasteiger partial charge < -0.3 is 0 Å². The van der Waals surface area contributed by atoms with Gasteiger partial charge in [0.15, 0.2) is 0 Å². The molecule has 0 radical (unpaired) electrons. The van der Waals surface area contributed by atoms with Crippen molar-refractivity contribution in [1.29, 1.82) is 0 Å². The Morgan fingerprint density at radius 2 is 1.74 bits per heavy atom. The number of allylic oxidation sites excluding steroid dienone is 4. The minimum Gasteiger partial charge on any atom is -0.207 e. The molecule has 0 amide bonds. The van der Waals surface area contributed by atoms with Crippen LogP contribution < -0.4 is 0 Å². The van der Waals surface area contributed by atoms with E-state index in [4.69, 9.17) is 0 Å². The van der Waals surface area contributed by atoms with Crippen LogP contribution >= 0.6 is 11.8 Å². The lowest BCUT2D eigenvalue weighted by Crippen LogP contribution is -1.90. The first-order chi connectivity index (χ1) is 11.1. The fourth-order valence-corrected chi connectivity index (χ4v) is 3.87. The largest absolute Gasteiger partial charge is 0.207 e. The summed E-state index contributed by atoms with van der Waals surface area (Å²) in [6.07, 6.45) is 3.01. The molecule has 1 aliphatic carbocycles. The van der Waals surface area contributed by atoms with Crippen molar-refractivity contribution >= 4 is 28.5 Å². The molecule has 0 fully saturated rings. The molecule has 2 aromatic carbocycles. The van der Waals surface area contributed by atoms with Crippen molar-refractivity contribution in [2.45, 2.75) is 32.1 Å². The van der Waals surface area contributed by atoms with E-state index >= 15 is 0 Å². The van der Waals surface area contributed by atoms with E-state index in [-0.39, 0.29) is 5.82 Å². The number of hydrogen-bond donors (Lipinski definition) is 0. The molecule has 0 spiro atoms. The van der Waals surface area contributed by atoms with Crippen molar-refractivity contribution in [1.82, 2.24) is 0 Å². The lowest BCUT2D eigenvalue weighted by molar-refractivity contribution is 0.627. The van der Waals surface area contributed by atoms with Crippen LogP contribution in [0, 0.1) is 5.82 Å². The predicted molar refractivity (Wildman–Crippen MR) is 100.0 cm³/mol. The van der Waals surface area contributed by atoms with Crippen LogP contribution in [-0.4, -0.2) is 6.26 Å². The summed E-state index contributed by atoms with van der Waals surface area (Å²) in [5, 5.41) is 0. The van der Waals surface area contributed by atoms with Crippen molar-refractivity contribution in [3.63, 3.8) is 0 Å². The van der Waals surface area contributed by atoms with Gasteiger partial charge in [-0.15, -0.1) is 11.8 Å². The molecule has 118 valence electrons. The van der Waals surface area contributed by atoms with Gasteiger partial charge in [0.25, 0.3) is 0 Å². The van der Waals surface area contributed by atoms with Crippen molar-refractivity contribution < 1.29 is 4.39 Å². The molecule has 2 heteroatoms. The zero-order valence-corrected chi connectivity index (χ0v) is 14.9. The fraction of sp³-hybridized carbons (Fsp3) is 0.238. The zero-order chi connectivity index (χ0) is 16.6. The van der Waals surface area contributed by atoms with Crippen LogP contribution in [0.3, 0.4) is 0 Å². The van der Waals surface area contributed by atoms with Crippen LogP contribution in [-0.2, 0) is 0 Å². The monoisotopic (exact) mass is 324 g/mol. The Hall–Kier alpha value is -1.80. The van der Waals surface area contributed by atoms with Crippen LogP contribution in [0.15, 0.2) is 52.9 Å². The van der Waals surface area contributed by atoms with Gasteiger partial charge >= 0.3 is 0 Å². The molecule has 0 aliphatic heterocycles. The van der Waals surface area contributed by atoms with E-state index in [0.717, 1.165) is 17.5 Å². The lowest BCUT2D eigenvalue weighted by Gasteiger charge is -2.11. The summed E-state index contributed by atoms with van der Waals surface area (Å²) in [5.41, 5.74) is 8.49. The van der Waals surface area contributed by atoms with E-state index in [1.807, 2.05) is 6.07 Å². The van der Waals surface area contributed by atoms with Crippen LogP contribution in [0.25, 0.3) is 16.7 Å². The highest BCUT2D eigenvalue weighted by molar-refractivity contribution is 7.98. The van der Waals surface area contributed by atoms with Crippen LogP contribution in [0.2, 0.25) is 0 Å². The number of benzene rings is 2. The quantitative estimate of drug-likeness (QED) is 0.568. The average Bonchev–Trinajstić information content (AvgIpc) is 2.84. The molecular weight excluding hydrogens is 303 g/mol. The maximum absolute atomic E-state index is 13.7. The van der Waals surface area contributed by atoms with Crippen LogP contribution in [0.5, 0.6) is 0 Å². The molecule has 0 N–H and O–H groups in total. The Kier molecular flexibility index (Phi) is 4.45. The maximum Gasteiger partial charge on any atom is 0.123 e. The maximum atomic E-state index is 13.7. The second-order valence-corrected chi connectivity index (χ2v) is 6.76. The van der Waals surface area contributed by atoms with Gasteiger partial charge in [-0.25, -0.2) is 4.39 Å². The van der Waals surface area contributed by atoms with Gasteiger partial charge in [0.2, 0.25) is 0 Å². The normalized spacial score (nSPS) is 15.9.